The van der Waals surface area contributed by atoms with E-state index in [2.05, 4.69) is 23.6 Å². The number of rotatable bonds is 3. The lowest BCUT2D eigenvalue weighted by molar-refractivity contribution is 0.483. The lowest BCUT2D eigenvalue weighted by Gasteiger charge is -2.17. The minimum absolute atomic E-state index is 0.414. The van der Waals surface area contributed by atoms with Crippen LogP contribution in [0.1, 0.15) is 24.3 Å². The Morgan fingerprint density at radius 2 is 2.50 bits per heavy atom. The summed E-state index contributed by atoms with van der Waals surface area (Å²) in [6.07, 6.45) is 1.23. The van der Waals surface area contributed by atoms with Crippen molar-refractivity contribution in [3.05, 3.63) is 21.3 Å². The van der Waals surface area contributed by atoms with Gasteiger partial charge in [0.15, 0.2) is 0 Å². The monoisotopic (exact) mass is 230 g/mol. The number of nitrogens with one attached hydrogen (secondary N) is 2. The normalized spacial score (nSPS) is 24.0. The number of halogens is 1. The number of thiophene rings is 1. The Hall–Kier alpha value is -0.0900. The third kappa shape index (κ3) is 2.48. The summed E-state index contributed by atoms with van der Waals surface area (Å²) in [6.45, 7) is 4.42. The average molecular weight is 231 g/mol. The highest BCUT2D eigenvalue weighted by molar-refractivity contribution is 7.16. The molecule has 14 heavy (non-hydrogen) atoms. The fourth-order valence-corrected chi connectivity index (χ4v) is 2.87. The molecule has 2 unspecified atom stereocenters. The summed E-state index contributed by atoms with van der Waals surface area (Å²) in [7, 11) is 0. The summed E-state index contributed by atoms with van der Waals surface area (Å²) in [5, 5.41) is 6.95. The van der Waals surface area contributed by atoms with Crippen LogP contribution < -0.4 is 10.6 Å². The van der Waals surface area contributed by atoms with Gasteiger partial charge >= 0.3 is 0 Å². The summed E-state index contributed by atoms with van der Waals surface area (Å²) in [5.74, 6) is 0. The van der Waals surface area contributed by atoms with E-state index in [9.17, 15) is 0 Å². The highest BCUT2D eigenvalue weighted by atomic mass is 35.5. The second-order valence-corrected chi connectivity index (χ2v) is 5.47. The van der Waals surface area contributed by atoms with Crippen LogP contribution in [0.25, 0.3) is 0 Å². The molecule has 1 aromatic rings. The zero-order valence-electron chi connectivity index (χ0n) is 8.22. The molecule has 1 aliphatic heterocycles. The molecule has 0 radical (unpaired) electrons. The summed E-state index contributed by atoms with van der Waals surface area (Å²) in [5.41, 5.74) is 0. The first kappa shape index (κ1) is 10.4. The standard InChI is InChI=1S/C10H15ClN2S/c1-7(9-2-3-10(11)14-9)13-8-4-5-12-6-8/h2-3,7-8,12-13H,4-6H2,1H3. The van der Waals surface area contributed by atoms with Crippen LogP contribution >= 0.6 is 22.9 Å². The average Bonchev–Trinajstić information content (AvgIpc) is 2.75. The summed E-state index contributed by atoms with van der Waals surface area (Å²) < 4.78 is 0.873. The van der Waals surface area contributed by atoms with Crippen LogP contribution in [0.2, 0.25) is 4.34 Å². The molecule has 0 aliphatic carbocycles. The van der Waals surface area contributed by atoms with Gasteiger partial charge in [-0.25, -0.2) is 0 Å². The van der Waals surface area contributed by atoms with Crippen LogP contribution in [0.3, 0.4) is 0 Å². The minimum Gasteiger partial charge on any atom is -0.315 e. The molecule has 1 saturated heterocycles. The lowest BCUT2D eigenvalue weighted by atomic mass is 10.2. The van der Waals surface area contributed by atoms with Crippen LogP contribution in [-0.2, 0) is 0 Å². The Balaban J connectivity index is 1.91. The van der Waals surface area contributed by atoms with Crippen molar-refractivity contribution in [2.24, 2.45) is 0 Å². The predicted octanol–water partition coefficient (Wildman–Crippen LogP) is 2.41. The van der Waals surface area contributed by atoms with Crippen molar-refractivity contribution >= 4 is 22.9 Å². The maximum atomic E-state index is 5.90. The molecule has 78 valence electrons. The maximum Gasteiger partial charge on any atom is 0.0931 e. The Bertz CT molecular complexity index is 294. The van der Waals surface area contributed by atoms with Crippen molar-refractivity contribution in [2.75, 3.05) is 13.1 Å². The lowest BCUT2D eigenvalue weighted by Crippen LogP contribution is -2.32. The van der Waals surface area contributed by atoms with E-state index in [4.69, 9.17) is 11.6 Å². The van der Waals surface area contributed by atoms with Gasteiger partial charge in [0.25, 0.3) is 0 Å². The van der Waals surface area contributed by atoms with Crippen molar-refractivity contribution in [2.45, 2.75) is 25.4 Å². The quantitative estimate of drug-likeness (QED) is 0.834. The molecule has 2 rings (SSSR count). The van der Waals surface area contributed by atoms with Gasteiger partial charge in [0, 0.05) is 23.5 Å². The third-order valence-corrected chi connectivity index (χ3v) is 3.98. The molecular weight excluding hydrogens is 216 g/mol. The zero-order chi connectivity index (χ0) is 9.97. The second kappa shape index (κ2) is 4.62. The largest absolute Gasteiger partial charge is 0.315 e. The van der Waals surface area contributed by atoms with Crippen LogP contribution in [0, 0.1) is 0 Å². The first-order valence-corrected chi connectivity index (χ1v) is 6.17. The molecular formula is C10H15ClN2S. The molecule has 2 N–H and O–H groups in total. The van der Waals surface area contributed by atoms with E-state index in [-0.39, 0.29) is 0 Å². The molecule has 0 aromatic carbocycles. The Morgan fingerprint density at radius 3 is 3.07 bits per heavy atom. The summed E-state index contributed by atoms with van der Waals surface area (Å²) >= 11 is 7.56. The molecule has 2 atom stereocenters. The summed E-state index contributed by atoms with van der Waals surface area (Å²) in [4.78, 5) is 1.32. The number of hydrogen-bond donors (Lipinski definition) is 2. The molecule has 2 nitrogen and oxygen atoms in total. The molecule has 1 fully saturated rings. The van der Waals surface area contributed by atoms with Crippen LogP contribution in [0.4, 0.5) is 0 Å². The van der Waals surface area contributed by atoms with Gasteiger partial charge in [-0.05, 0) is 32.0 Å². The maximum absolute atomic E-state index is 5.90. The van der Waals surface area contributed by atoms with E-state index in [0.29, 0.717) is 12.1 Å². The third-order valence-electron chi connectivity index (χ3n) is 2.57. The molecule has 0 spiro atoms. The molecule has 2 heterocycles. The van der Waals surface area contributed by atoms with E-state index in [1.165, 1.54) is 11.3 Å². The SMILES string of the molecule is CC(NC1CCNC1)c1ccc(Cl)s1. The molecule has 0 saturated carbocycles. The Labute approximate surface area is 93.7 Å². The van der Waals surface area contributed by atoms with Gasteiger partial charge in [0.05, 0.1) is 4.34 Å². The van der Waals surface area contributed by atoms with Crippen molar-refractivity contribution in [1.82, 2.24) is 10.6 Å². The molecule has 4 heteroatoms. The zero-order valence-corrected chi connectivity index (χ0v) is 9.79. The van der Waals surface area contributed by atoms with E-state index in [1.807, 2.05) is 6.07 Å². The smallest absolute Gasteiger partial charge is 0.0931 e. The van der Waals surface area contributed by atoms with Crippen LogP contribution in [-0.4, -0.2) is 19.1 Å². The molecule has 0 amide bonds. The molecule has 0 bridgehead atoms. The predicted molar refractivity (Wildman–Crippen MR) is 62.2 cm³/mol. The van der Waals surface area contributed by atoms with E-state index in [0.717, 1.165) is 17.4 Å². The van der Waals surface area contributed by atoms with Gasteiger partial charge in [0.1, 0.15) is 0 Å². The fraction of sp³-hybridized carbons (Fsp3) is 0.600. The highest BCUT2D eigenvalue weighted by Crippen LogP contribution is 2.27. The highest BCUT2D eigenvalue weighted by Gasteiger charge is 2.17. The number of hydrogen-bond acceptors (Lipinski definition) is 3. The van der Waals surface area contributed by atoms with Crippen LogP contribution in [0.15, 0.2) is 12.1 Å². The van der Waals surface area contributed by atoms with E-state index >= 15 is 0 Å². The second-order valence-electron chi connectivity index (χ2n) is 3.72. The van der Waals surface area contributed by atoms with Crippen molar-refractivity contribution in [3.63, 3.8) is 0 Å². The van der Waals surface area contributed by atoms with Crippen LogP contribution in [0.5, 0.6) is 0 Å². The van der Waals surface area contributed by atoms with Gasteiger partial charge in [-0.2, -0.15) is 0 Å². The first-order chi connectivity index (χ1) is 6.75. The van der Waals surface area contributed by atoms with Crippen molar-refractivity contribution in [1.29, 1.82) is 0 Å². The van der Waals surface area contributed by atoms with Gasteiger partial charge in [-0.15, -0.1) is 11.3 Å². The Morgan fingerprint density at radius 1 is 1.64 bits per heavy atom. The summed E-state index contributed by atoms with van der Waals surface area (Å²) in [6, 6.07) is 5.10. The van der Waals surface area contributed by atoms with E-state index in [1.54, 1.807) is 11.3 Å². The molecule has 1 aromatic heterocycles. The first-order valence-electron chi connectivity index (χ1n) is 4.97. The van der Waals surface area contributed by atoms with Gasteiger partial charge < -0.3 is 10.6 Å². The molecule has 1 aliphatic rings. The minimum atomic E-state index is 0.414. The van der Waals surface area contributed by atoms with Gasteiger partial charge in [0.2, 0.25) is 0 Å². The van der Waals surface area contributed by atoms with Gasteiger partial charge in [-0.1, -0.05) is 11.6 Å². The van der Waals surface area contributed by atoms with Crippen molar-refractivity contribution in [3.8, 4) is 0 Å². The van der Waals surface area contributed by atoms with Gasteiger partial charge in [-0.3, -0.25) is 0 Å². The fourth-order valence-electron chi connectivity index (χ4n) is 1.79. The topological polar surface area (TPSA) is 24.1 Å². The Kier molecular flexibility index (Phi) is 3.44. The van der Waals surface area contributed by atoms with Crippen molar-refractivity contribution < 1.29 is 0 Å². The van der Waals surface area contributed by atoms with E-state index < -0.39 is 0 Å².